The number of piperidine rings is 1. The van der Waals surface area contributed by atoms with Gasteiger partial charge in [-0.15, -0.1) is 0 Å². The van der Waals surface area contributed by atoms with Crippen LogP contribution in [0.25, 0.3) is 0 Å². The first-order valence-corrected chi connectivity index (χ1v) is 6.08. The van der Waals surface area contributed by atoms with Gasteiger partial charge in [0.05, 0.1) is 11.5 Å². The van der Waals surface area contributed by atoms with Crippen LogP contribution in [0, 0.1) is 28.6 Å². The second-order valence-corrected chi connectivity index (χ2v) is 5.79. The van der Waals surface area contributed by atoms with Gasteiger partial charge in [-0.25, -0.2) is 0 Å². The summed E-state index contributed by atoms with van der Waals surface area (Å²) in [7, 11) is 0. The lowest BCUT2D eigenvalue weighted by atomic mass is 9.87. The lowest BCUT2D eigenvalue weighted by molar-refractivity contribution is 0.128. The minimum Gasteiger partial charge on any atom is -0.303 e. The molecule has 1 heterocycles. The number of nitrogens with zero attached hydrogens (tertiary/aromatic N) is 2. The molecule has 0 aromatic carbocycles. The summed E-state index contributed by atoms with van der Waals surface area (Å²) >= 11 is 0. The van der Waals surface area contributed by atoms with Gasteiger partial charge in [0.2, 0.25) is 0 Å². The molecule has 15 heavy (non-hydrogen) atoms. The fourth-order valence-corrected chi connectivity index (χ4v) is 2.05. The predicted octanol–water partition coefficient (Wildman–Crippen LogP) is 2.90. The average molecular weight is 208 g/mol. The summed E-state index contributed by atoms with van der Waals surface area (Å²) in [6, 6.07) is 2.37. The highest BCUT2D eigenvalue weighted by atomic mass is 15.1. The molecular weight excluding hydrogens is 184 g/mol. The van der Waals surface area contributed by atoms with Crippen molar-refractivity contribution < 1.29 is 0 Å². The van der Waals surface area contributed by atoms with Gasteiger partial charge in [-0.2, -0.15) is 5.26 Å². The van der Waals surface area contributed by atoms with Gasteiger partial charge >= 0.3 is 0 Å². The van der Waals surface area contributed by atoms with Crippen LogP contribution in [-0.2, 0) is 0 Å². The van der Waals surface area contributed by atoms with E-state index in [0.717, 1.165) is 24.8 Å². The van der Waals surface area contributed by atoms with E-state index in [1.807, 2.05) is 13.8 Å². The third kappa shape index (κ3) is 3.83. The van der Waals surface area contributed by atoms with Crippen molar-refractivity contribution in [2.45, 2.75) is 40.5 Å². The number of hydrogen-bond acceptors (Lipinski definition) is 2. The van der Waals surface area contributed by atoms with Gasteiger partial charge in [-0.05, 0) is 51.6 Å². The minimum absolute atomic E-state index is 0.160. The second kappa shape index (κ2) is 4.99. The van der Waals surface area contributed by atoms with Crippen molar-refractivity contribution in [2.24, 2.45) is 17.3 Å². The lowest BCUT2D eigenvalue weighted by Gasteiger charge is -2.36. The number of hydrogen-bond donors (Lipinski definition) is 0. The zero-order chi connectivity index (χ0) is 11.5. The Kier molecular flexibility index (Phi) is 4.16. The first-order valence-electron chi connectivity index (χ1n) is 6.08. The van der Waals surface area contributed by atoms with Crippen molar-refractivity contribution in [3.63, 3.8) is 0 Å². The summed E-state index contributed by atoms with van der Waals surface area (Å²) < 4.78 is 0. The monoisotopic (exact) mass is 208 g/mol. The van der Waals surface area contributed by atoms with E-state index in [-0.39, 0.29) is 5.41 Å². The third-order valence-corrected chi connectivity index (χ3v) is 3.77. The van der Waals surface area contributed by atoms with Gasteiger partial charge < -0.3 is 4.90 Å². The molecule has 1 aliphatic heterocycles. The molecular formula is C13H24N2. The van der Waals surface area contributed by atoms with E-state index in [1.54, 1.807) is 0 Å². The molecule has 0 N–H and O–H groups in total. The molecule has 1 rings (SSSR count). The van der Waals surface area contributed by atoms with Crippen molar-refractivity contribution in [2.75, 3.05) is 19.6 Å². The second-order valence-electron chi connectivity index (χ2n) is 5.79. The largest absolute Gasteiger partial charge is 0.303 e. The first-order chi connectivity index (χ1) is 6.94. The Bertz CT molecular complexity index is 239. The molecule has 0 radical (unpaired) electrons. The molecule has 1 saturated heterocycles. The Labute approximate surface area is 94.3 Å². The van der Waals surface area contributed by atoms with Gasteiger partial charge in [-0.1, -0.05) is 13.8 Å². The van der Waals surface area contributed by atoms with Crippen LogP contribution in [0.1, 0.15) is 40.5 Å². The van der Waals surface area contributed by atoms with Crippen LogP contribution in [0.4, 0.5) is 0 Å². The van der Waals surface area contributed by atoms with Crippen molar-refractivity contribution >= 4 is 0 Å². The van der Waals surface area contributed by atoms with Gasteiger partial charge in [0.25, 0.3) is 0 Å². The average Bonchev–Trinajstić information content (AvgIpc) is 2.20. The predicted molar refractivity (Wildman–Crippen MR) is 63.4 cm³/mol. The smallest absolute Gasteiger partial charge is 0.0684 e. The van der Waals surface area contributed by atoms with E-state index in [2.05, 4.69) is 24.8 Å². The molecule has 2 atom stereocenters. The van der Waals surface area contributed by atoms with Crippen molar-refractivity contribution in [3.05, 3.63) is 0 Å². The quantitative estimate of drug-likeness (QED) is 0.713. The molecule has 0 amide bonds. The molecule has 0 aliphatic carbocycles. The van der Waals surface area contributed by atoms with Crippen molar-refractivity contribution in [1.82, 2.24) is 4.90 Å². The standard InChI is InChI=1S/C13H24N2/c1-11-5-7-15(9-12(11)2)8-6-13(3,4)10-14/h11-12H,5-9H2,1-4H3. The molecule has 0 saturated carbocycles. The normalized spacial score (nSPS) is 28.7. The van der Waals surface area contributed by atoms with E-state index in [9.17, 15) is 0 Å². The highest BCUT2D eigenvalue weighted by Gasteiger charge is 2.24. The van der Waals surface area contributed by atoms with Crippen LogP contribution in [0.15, 0.2) is 0 Å². The Morgan fingerprint density at radius 1 is 1.33 bits per heavy atom. The Morgan fingerprint density at radius 3 is 2.53 bits per heavy atom. The Hall–Kier alpha value is -0.550. The maximum atomic E-state index is 8.95. The van der Waals surface area contributed by atoms with Crippen LogP contribution in [0.3, 0.4) is 0 Å². The summed E-state index contributed by atoms with van der Waals surface area (Å²) in [5.74, 6) is 1.68. The molecule has 2 heteroatoms. The molecule has 0 spiro atoms. The summed E-state index contributed by atoms with van der Waals surface area (Å²) in [5.41, 5.74) is -0.160. The molecule has 2 unspecified atom stereocenters. The van der Waals surface area contributed by atoms with Gasteiger partial charge in [0.1, 0.15) is 0 Å². The summed E-state index contributed by atoms with van der Waals surface area (Å²) in [6.07, 6.45) is 2.30. The first kappa shape index (κ1) is 12.5. The molecule has 1 aliphatic rings. The summed E-state index contributed by atoms with van der Waals surface area (Å²) in [6.45, 7) is 12.3. The van der Waals surface area contributed by atoms with Crippen LogP contribution in [0.5, 0.6) is 0 Å². The molecule has 86 valence electrons. The lowest BCUT2D eigenvalue weighted by Crippen LogP contribution is -2.39. The molecule has 2 nitrogen and oxygen atoms in total. The van der Waals surface area contributed by atoms with Crippen molar-refractivity contribution in [1.29, 1.82) is 5.26 Å². The Balaban J connectivity index is 2.32. The Morgan fingerprint density at radius 2 is 2.00 bits per heavy atom. The molecule has 0 aromatic heterocycles. The van der Waals surface area contributed by atoms with Gasteiger partial charge in [0, 0.05) is 6.54 Å². The van der Waals surface area contributed by atoms with Crippen LogP contribution < -0.4 is 0 Å². The van der Waals surface area contributed by atoms with E-state index >= 15 is 0 Å². The van der Waals surface area contributed by atoms with Gasteiger partial charge in [-0.3, -0.25) is 0 Å². The summed E-state index contributed by atoms with van der Waals surface area (Å²) in [5, 5.41) is 8.95. The van der Waals surface area contributed by atoms with Crippen LogP contribution in [0.2, 0.25) is 0 Å². The molecule has 0 bridgehead atoms. The topological polar surface area (TPSA) is 27.0 Å². The fraction of sp³-hybridized carbons (Fsp3) is 0.923. The highest BCUT2D eigenvalue weighted by molar-refractivity contribution is 4.92. The minimum atomic E-state index is -0.160. The third-order valence-electron chi connectivity index (χ3n) is 3.77. The van der Waals surface area contributed by atoms with Gasteiger partial charge in [0.15, 0.2) is 0 Å². The highest BCUT2D eigenvalue weighted by Crippen LogP contribution is 2.25. The van der Waals surface area contributed by atoms with E-state index in [4.69, 9.17) is 5.26 Å². The fourth-order valence-electron chi connectivity index (χ4n) is 2.05. The van der Waals surface area contributed by atoms with Crippen LogP contribution >= 0.6 is 0 Å². The summed E-state index contributed by atoms with van der Waals surface area (Å²) in [4.78, 5) is 2.52. The maximum Gasteiger partial charge on any atom is 0.0684 e. The van der Waals surface area contributed by atoms with Crippen LogP contribution in [-0.4, -0.2) is 24.5 Å². The van der Waals surface area contributed by atoms with E-state index in [1.165, 1.54) is 19.5 Å². The molecule has 0 aromatic rings. The van der Waals surface area contributed by atoms with E-state index < -0.39 is 0 Å². The molecule has 1 fully saturated rings. The zero-order valence-corrected chi connectivity index (χ0v) is 10.6. The number of nitriles is 1. The zero-order valence-electron chi connectivity index (χ0n) is 10.6. The maximum absolute atomic E-state index is 8.95. The number of likely N-dealkylation sites (tertiary alicyclic amines) is 1. The SMILES string of the molecule is CC1CCN(CCC(C)(C)C#N)CC1C. The van der Waals surface area contributed by atoms with E-state index in [0.29, 0.717) is 0 Å². The number of rotatable bonds is 3. The van der Waals surface area contributed by atoms with Crippen molar-refractivity contribution in [3.8, 4) is 6.07 Å².